The predicted octanol–water partition coefficient (Wildman–Crippen LogP) is 4.01. The van der Waals surface area contributed by atoms with Crippen molar-refractivity contribution in [1.29, 1.82) is 0 Å². The van der Waals surface area contributed by atoms with Gasteiger partial charge in [0.25, 0.3) is 5.91 Å². The van der Waals surface area contributed by atoms with Gasteiger partial charge in [0.2, 0.25) is 0 Å². The van der Waals surface area contributed by atoms with Crippen LogP contribution in [0.2, 0.25) is 0 Å². The number of phenols is 1. The SMILES string of the molecule is O=C(Nc1ccc(I)cc1)c1ccc(Br)c(O)c1. The third-order valence-electron chi connectivity index (χ3n) is 2.31. The molecule has 2 rings (SSSR count). The van der Waals surface area contributed by atoms with Gasteiger partial charge in [0.05, 0.1) is 4.47 Å². The number of hydrogen-bond donors (Lipinski definition) is 2. The molecule has 3 nitrogen and oxygen atoms in total. The van der Waals surface area contributed by atoms with Crippen LogP contribution in [0.5, 0.6) is 5.75 Å². The van der Waals surface area contributed by atoms with Gasteiger partial charge < -0.3 is 10.4 Å². The van der Waals surface area contributed by atoms with Crippen molar-refractivity contribution in [1.82, 2.24) is 0 Å². The van der Waals surface area contributed by atoms with Crippen molar-refractivity contribution in [2.75, 3.05) is 5.32 Å². The highest BCUT2D eigenvalue weighted by molar-refractivity contribution is 14.1. The number of benzene rings is 2. The molecule has 0 saturated carbocycles. The van der Waals surface area contributed by atoms with Crippen LogP contribution in [0.25, 0.3) is 0 Å². The van der Waals surface area contributed by atoms with Crippen molar-refractivity contribution in [2.24, 2.45) is 0 Å². The molecule has 92 valence electrons. The molecule has 5 heteroatoms. The van der Waals surface area contributed by atoms with Gasteiger partial charge in [0.1, 0.15) is 5.75 Å². The van der Waals surface area contributed by atoms with Crippen molar-refractivity contribution in [3.8, 4) is 5.75 Å². The van der Waals surface area contributed by atoms with Crippen LogP contribution >= 0.6 is 38.5 Å². The number of carbonyl (C=O) groups is 1. The highest BCUT2D eigenvalue weighted by Gasteiger charge is 2.08. The van der Waals surface area contributed by atoms with Crippen LogP contribution in [-0.2, 0) is 0 Å². The van der Waals surface area contributed by atoms with Crippen LogP contribution < -0.4 is 5.32 Å². The van der Waals surface area contributed by atoms with E-state index < -0.39 is 0 Å². The Morgan fingerprint density at radius 1 is 1.17 bits per heavy atom. The van der Waals surface area contributed by atoms with E-state index in [1.807, 2.05) is 24.3 Å². The summed E-state index contributed by atoms with van der Waals surface area (Å²) in [7, 11) is 0. The molecule has 0 atom stereocenters. The Morgan fingerprint density at radius 3 is 2.44 bits per heavy atom. The number of nitrogens with one attached hydrogen (secondary N) is 1. The van der Waals surface area contributed by atoms with Crippen molar-refractivity contribution in [3.63, 3.8) is 0 Å². The van der Waals surface area contributed by atoms with Gasteiger partial charge in [-0.25, -0.2) is 0 Å². The Morgan fingerprint density at radius 2 is 1.83 bits per heavy atom. The van der Waals surface area contributed by atoms with Crippen LogP contribution in [0.4, 0.5) is 5.69 Å². The molecule has 0 aliphatic heterocycles. The van der Waals surface area contributed by atoms with Crippen LogP contribution in [0.3, 0.4) is 0 Å². The van der Waals surface area contributed by atoms with Gasteiger partial charge in [-0.15, -0.1) is 0 Å². The minimum Gasteiger partial charge on any atom is -0.507 e. The van der Waals surface area contributed by atoms with Gasteiger partial charge in [0.15, 0.2) is 0 Å². The average molecular weight is 418 g/mol. The lowest BCUT2D eigenvalue weighted by Crippen LogP contribution is -2.11. The van der Waals surface area contributed by atoms with Crippen molar-refractivity contribution < 1.29 is 9.90 Å². The standard InChI is InChI=1S/C13H9BrINO2/c14-11-6-1-8(7-12(11)17)13(18)16-10-4-2-9(15)3-5-10/h1-7,17H,(H,16,18). The summed E-state index contributed by atoms with van der Waals surface area (Å²) in [5.74, 6) is -0.204. The molecule has 2 aromatic rings. The second kappa shape index (κ2) is 5.71. The molecule has 0 bridgehead atoms. The summed E-state index contributed by atoms with van der Waals surface area (Å²) in [6.07, 6.45) is 0. The first-order valence-electron chi connectivity index (χ1n) is 5.12. The first-order valence-corrected chi connectivity index (χ1v) is 6.99. The second-order valence-corrected chi connectivity index (χ2v) is 5.73. The molecule has 0 spiro atoms. The molecule has 18 heavy (non-hydrogen) atoms. The summed E-state index contributed by atoms with van der Waals surface area (Å²) < 4.78 is 1.67. The topological polar surface area (TPSA) is 49.3 Å². The Kier molecular flexibility index (Phi) is 4.23. The lowest BCUT2D eigenvalue weighted by atomic mass is 10.2. The van der Waals surface area contributed by atoms with Crippen LogP contribution in [0.15, 0.2) is 46.9 Å². The molecule has 0 unspecified atom stereocenters. The summed E-state index contributed by atoms with van der Waals surface area (Å²) in [5, 5.41) is 12.3. The number of hydrogen-bond acceptors (Lipinski definition) is 2. The summed E-state index contributed by atoms with van der Waals surface area (Å²) in [6, 6.07) is 12.2. The molecule has 0 aliphatic carbocycles. The largest absolute Gasteiger partial charge is 0.507 e. The van der Waals surface area contributed by atoms with Crippen molar-refractivity contribution in [3.05, 3.63) is 56.1 Å². The van der Waals surface area contributed by atoms with E-state index >= 15 is 0 Å². The minimum absolute atomic E-state index is 0.0465. The molecule has 0 fully saturated rings. The quantitative estimate of drug-likeness (QED) is 0.725. The number of halogens is 2. The fraction of sp³-hybridized carbons (Fsp3) is 0. The Hall–Kier alpha value is -1.08. The highest BCUT2D eigenvalue weighted by atomic mass is 127. The second-order valence-electron chi connectivity index (χ2n) is 3.63. The third-order valence-corrected chi connectivity index (χ3v) is 3.70. The Labute approximate surface area is 126 Å². The molecule has 0 heterocycles. The zero-order chi connectivity index (χ0) is 13.1. The lowest BCUT2D eigenvalue weighted by molar-refractivity contribution is 0.102. The number of carbonyl (C=O) groups excluding carboxylic acids is 1. The Balaban J connectivity index is 2.16. The van der Waals surface area contributed by atoms with Crippen LogP contribution in [-0.4, -0.2) is 11.0 Å². The molecule has 0 aromatic heterocycles. The first-order chi connectivity index (χ1) is 8.56. The molecule has 2 N–H and O–H groups in total. The van der Waals surface area contributed by atoms with E-state index in [1.165, 1.54) is 6.07 Å². The fourth-order valence-corrected chi connectivity index (χ4v) is 2.00. The van der Waals surface area contributed by atoms with E-state index in [9.17, 15) is 9.90 Å². The predicted molar refractivity (Wildman–Crippen MR) is 82.9 cm³/mol. The number of anilines is 1. The molecular weight excluding hydrogens is 409 g/mol. The summed E-state index contributed by atoms with van der Waals surface area (Å²) in [6.45, 7) is 0. The van der Waals surface area contributed by atoms with Gasteiger partial charge in [-0.2, -0.15) is 0 Å². The number of aromatic hydroxyl groups is 1. The van der Waals surface area contributed by atoms with E-state index in [-0.39, 0.29) is 11.7 Å². The molecule has 2 aromatic carbocycles. The van der Waals surface area contributed by atoms with Crippen LogP contribution in [0.1, 0.15) is 10.4 Å². The zero-order valence-corrected chi connectivity index (χ0v) is 12.9. The average Bonchev–Trinajstić information content (AvgIpc) is 2.35. The minimum atomic E-state index is -0.251. The first kappa shape index (κ1) is 13.4. The van der Waals surface area contributed by atoms with Crippen molar-refractivity contribution in [2.45, 2.75) is 0 Å². The monoisotopic (exact) mass is 417 g/mol. The molecule has 0 aliphatic rings. The number of phenolic OH excluding ortho intramolecular Hbond substituents is 1. The smallest absolute Gasteiger partial charge is 0.255 e. The van der Waals surface area contributed by atoms with Crippen LogP contribution in [0, 0.1) is 3.57 Å². The maximum Gasteiger partial charge on any atom is 0.255 e. The Bertz CT molecular complexity index is 584. The molecule has 0 radical (unpaired) electrons. The number of rotatable bonds is 2. The van der Waals surface area contributed by atoms with Gasteiger partial charge in [0, 0.05) is 14.8 Å². The van der Waals surface area contributed by atoms with E-state index in [0.29, 0.717) is 10.0 Å². The molecule has 0 saturated heterocycles. The highest BCUT2D eigenvalue weighted by Crippen LogP contribution is 2.24. The van der Waals surface area contributed by atoms with E-state index in [1.54, 1.807) is 12.1 Å². The normalized spacial score (nSPS) is 10.1. The van der Waals surface area contributed by atoms with Gasteiger partial charge >= 0.3 is 0 Å². The van der Waals surface area contributed by atoms with E-state index in [4.69, 9.17) is 0 Å². The van der Waals surface area contributed by atoms with E-state index in [2.05, 4.69) is 43.8 Å². The molecule has 1 amide bonds. The third kappa shape index (κ3) is 3.23. The summed E-state index contributed by atoms with van der Waals surface area (Å²) >= 11 is 5.37. The molecular formula is C13H9BrINO2. The van der Waals surface area contributed by atoms with Gasteiger partial charge in [-0.1, -0.05) is 0 Å². The van der Waals surface area contributed by atoms with Gasteiger partial charge in [-0.3, -0.25) is 4.79 Å². The summed E-state index contributed by atoms with van der Waals surface area (Å²) in [4.78, 5) is 11.9. The zero-order valence-electron chi connectivity index (χ0n) is 9.15. The lowest BCUT2D eigenvalue weighted by Gasteiger charge is -2.06. The van der Waals surface area contributed by atoms with Crippen molar-refractivity contribution >= 4 is 50.1 Å². The maximum atomic E-state index is 11.9. The fourth-order valence-electron chi connectivity index (χ4n) is 1.39. The number of amides is 1. The maximum absolute atomic E-state index is 11.9. The summed E-state index contributed by atoms with van der Waals surface area (Å²) in [5.41, 5.74) is 1.14. The van der Waals surface area contributed by atoms with Gasteiger partial charge in [-0.05, 0) is 81.0 Å². The van der Waals surface area contributed by atoms with E-state index in [0.717, 1.165) is 9.26 Å².